The predicted molar refractivity (Wildman–Crippen MR) is 104 cm³/mol. The minimum Gasteiger partial charge on any atom is -0.484 e. The van der Waals surface area contributed by atoms with Gasteiger partial charge >= 0.3 is 6.09 Å². The predicted octanol–water partition coefficient (Wildman–Crippen LogP) is 1.51. The van der Waals surface area contributed by atoms with Gasteiger partial charge in [0.05, 0.1) is 5.69 Å². The Morgan fingerprint density at radius 3 is 2.38 bits per heavy atom. The van der Waals surface area contributed by atoms with Gasteiger partial charge < -0.3 is 19.3 Å². The first-order chi connectivity index (χ1) is 13.8. The van der Waals surface area contributed by atoms with Gasteiger partial charge in [-0.15, -0.1) is 5.10 Å². The zero-order valence-electron chi connectivity index (χ0n) is 16.9. The highest BCUT2D eigenvalue weighted by atomic mass is 16.6. The minimum atomic E-state index is -0.535. The number of rotatable bonds is 4. The van der Waals surface area contributed by atoms with Crippen molar-refractivity contribution >= 4 is 12.0 Å². The Bertz CT molecular complexity index is 816. The molecule has 2 amide bonds. The van der Waals surface area contributed by atoms with Crippen LogP contribution in [0.3, 0.4) is 0 Å². The highest BCUT2D eigenvalue weighted by Gasteiger charge is 2.26. The van der Waals surface area contributed by atoms with Crippen LogP contribution in [0.1, 0.15) is 27.2 Å². The number of carbonyl (C=O) groups is 2. The second-order valence-electron chi connectivity index (χ2n) is 7.74. The van der Waals surface area contributed by atoms with Gasteiger partial charge in [-0.25, -0.2) is 9.48 Å². The molecule has 1 aliphatic heterocycles. The van der Waals surface area contributed by atoms with Gasteiger partial charge in [-0.05, 0) is 61.9 Å². The van der Waals surface area contributed by atoms with Crippen molar-refractivity contribution in [2.24, 2.45) is 0 Å². The molecule has 1 aliphatic rings. The van der Waals surface area contributed by atoms with Crippen molar-refractivity contribution in [2.45, 2.75) is 32.8 Å². The first kappa shape index (κ1) is 20.6. The van der Waals surface area contributed by atoms with Gasteiger partial charge in [0.2, 0.25) is 0 Å². The summed E-state index contributed by atoms with van der Waals surface area (Å²) in [5.41, 5.74) is 0.260. The molecule has 0 saturated carbocycles. The lowest BCUT2D eigenvalue weighted by Crippen LogP contribution is -2.41. The fourth-order valence-electron chi connectivity index (χ4n) is 2.89. The number of aromatic nitrogens is 4. The summed E-state index contributed by atoms with van der Waals surface area (Å²) < 4.78 is 12.6. The second-order valence-corrected chi connectivity index (χ2v) is 7.74. The maximum absolute atomic E-state index is 12.5. The first-order valence-corrected chi connectivity index (χ1v) is 9.54. The van der Waals surface area contributed by atoms with E-state index in [1.807, 2.05) is 20.8 Å². The van der Waals surface area contributed by atoms with Crippen molar-refractivity contribution in [3.8, 4) is 11.4 Å². The zero-order chi connectivity index (χ0) is 20.9. The molecule has 0 aliphatic carbocycles. The van der Waals surface area contributed by atoms with E-state index < -0.39 is 5.60 Å². The van der Waals surface area contributed by atoms with Crippen molar-refractivity contribution in [3.63, 3.8) is 0 Å². The number of tetrazole rings is 1. The van der Waals surface area contributed by atoms with Crippen LogP contribution < -0.4 is 4.74 Å². The summed E-state index contributed by atoms with van der Waals surface area (Å²) in [5.74, 6) is 0.473. The Kier molecular flexibility index (Phi) is 6.30. The third-order valence-corrected chi connectivity index (χ3v) is 4.31. The first-order valence-electron chi connectivity index (χ1n) is 9.54. The summed E-state index contributed by atoms with van der Waals surface area (Å²) in [4.78, 5) is 28.1. The Hall–Kier alpha value is -3.17. The minimum absolute atomic E-state index is 0.0589. The molecule has 10 nitrogen and oxygen atoms in total. The SMILES string of the molecule is CC(C)(C)OC(=O)N1CCCN(C(=O)COc2ccc(-n3cnnn3)cc2)CC1. The molecule has 0 atom stereocenters. The molecule has 2 aromatic rings. The molecule has 0 spiro atoms. The monoisotopic (exact) mass is 402 g/mol. The van der Waals surface area contributed by atoms with Crippen LogP contribution >= 0.6 is 0 Å². The van der Waals surface area contributed by atoms with Crippen molar-refractivity contribution in [1.29, 1.82) is 0 Å². The van der Waals surface area contributed by atoms with Crippen LogP contribution in [0.4, 0.5) is 4.79 Å². The van der Waals surface area contributed by atoms with Gasteiger partial charge in [-0.1, -0.05) is 0 Å². The standard InChI is InChI=1S/C19H26N6O4/c1-19(2,3)29-18(27)24-10-4-9-23(11-12-24)17(26)13-28-16-7-5-15(6-8-16)25-14-20-21-22-25/h5-8,14H,4,9-13H2,1-3H3. The molecule has 3 rings (SSSR count). The third kappa shape index (κ3) is 5.90. The van der Waals surface area contributed by atoms with Crippen molar-refractivity contribution in [2.75, 3.05) is 32.8 Å². The van der Waals surface area contributed by atoms with Gasteiger partial charge in [-0.3, -0.25) is 4.79 Å². The molecule has 0 N–H and O–H groups in total. The molecule has 29 heavy (non-hydrogen) atoms. The Morgan fingerprint density at radius 1 is 1.03 bits per heavy atom. The van der Waals surface area contributed by atoms with E-state index in [0.717, 1.165) is 5.69 Å². The third-order valence-electron chi connectivity index (χ3n) is 4.31. The molecule has 1 aromatic carbocycles. The summed E-state index contributed by atoms with van der Waals surface area (Å²) in [6, 6.07) is 7.13. The van der Waals surface area contributed by atoms with Crippen molar-refractivity contribution in [3.05, 3.63) is 30.6 Å². The second kappa shape index (κ2) is 8.89. The summed E-state index contributed by atoms with van der Waals surface area (Å²) in [7, 11) is 0. The number of ether oxygens (including phenoxy) is 2. The fourth-order valence-corrected chi connectivity index (χ4v) is 2.89. The molecule has 0 radical (unpaired) electrons. The van der Waals surface area contributed by atoms with Crippen molar-refractivity contribution < 1.29 is 19.1 Å². The average molecular weight is 402 g/mol. The van der Waals surface area contributed by atoms with Crippen molar-refractivity contribution in [1.82, 2.24) is 30.0 Å². The van der Waals surface area contributed by atoms with Crippen LogP contribution in [0, 0.1) is 0 Å². The van der Waals surface area contributed by atoms with E-state index in [2.05, 4.69) is 15.5 Å². The Morgan fingerprint density at radius 2 is 1.72 bits per heavy atom. The maximum atomic E-state index is 12.5. The van der Waals surface area contributed by atoms with E-state index in [0.29, 0.717) is 38.3 Å². The molecular formula is C19H26N6O4. The van der Waals surface area contributed by atoms with E-state index in [4.69, 9.17) is 9.47 Å². The van der Waals surface area contributed by atoms with Crippen LogP contribution in [0.5, 0.6) is 5.75 Å². The Balaban J connectivity index is 1.48. The lowest BCUT2D eigenvalue weighted by atomic mass is 10.2. The molecule has 10 heteroatoms. The highest BCUT2D eigenvalue weighted by Crippen LogP contribution is 2.15. The number of hydrogen-bond acceptors (Lipinski definition) is 7. The highest BCUT2D eigenvalue weighted by molar-refractivity contribution is 5.78. The molecule has 1 aromatic heterocycles. The normalized spacial score (nSPS) is 15.0. The van der Waals surface area contributed by atoms with Gasteiger partial charge in [-0.2, -0.15) is 0 Å². The van der Waals surface area contributed by atoms with Crippen LogP contribution in [-0.4, -0.2) is 80.4 Å². The van der Waals surface area contributed by atoms with Crippen LogP contribution in [0.15, 0.2) is 30.6 Å². The quantitative estimate of drug-likeness (QED) is 0.764. The van der Waals surface area contributed by atoms with Crippen LogP contribution in [0.25, 0.3) is 5.69 Å². The van der Waals surface area contributed by atoms with E-state index in [9.17, 15) is 9.59 Å². The van der Waals surface area contributed by atoms with Crippen LogP contribution in [0.2, 0.25) is 0 Å². The van der Waals surface area contributed by atoms with Gasteiger partial charge in [0.15, 0.2) is 6.61 Å². The fraction of sp³-hybridized carbons (Fsp3) is 0.526. The van der Waals surface area contributed by atoms with E-state index in [1.165, 1.54) is 11.0 Å². The van der Waals surface area contributed by atoms with E-state index in [1.54, 1.807) is 34.1 Å². The molecule has 1 fully saturated rings. The zero-order valence-corrected chi connectivity index (χ0v) is 16.9. The molecule has 156 valence electrons. The topological polar surface area (TPSA) is 103 Å². The van der Waals surface area contributed by atoms with Gasteiger partial charge in [0, 0.05) is 26.2 Å². The van der Waals surface area contributed by atoms with E-state index >= 15 is 0 Å². The lowest BCUT2D eigenvalue weighted by Gasteiger charge is -2.26. The number of amides is 2. The summed E-state index contributed by atoms with van der Waals surface area (Å²) >= 11 is 0. The summed E-state index contributed by atoms with van der Waals surface area (Å²) in [6.07, 6.45) is 1.86. The molecule has 1 saturated heterocycles. The smallest absolute Gasteiger partial charge is 0.410 e. The number of carbonyl (C=O) groups excluding carboxylic acids is 2. The maximum Gasteiger partial charge on any atom is 0.410 e. The number of hydrogen-bond donors (Lipinski definition) is 0. The largest absolute Gasteiger partial charge is 0.484 e. The van der Waals surface area contributed by atoms with E-state index in [-0.39, 0.29) is 18.6 Å². The van der Waals surface area contributed by atoms with Gasteiger partial charge in [0.1, 0.15) is 17.7 Å². The Labute approximate surface area is 169 Å². The average Bonchev–Trinajstić information content (AvgIpc) is 3.09. The summed E-state index contributed by atoms with van der Waals surface area (Å²) in [6.45, 7) is 7.51. The lowest BCUT2D eigenvalue weighted by molar-refractivity contribution is -0.133. The number of nitrogens with zero attached hydrogens (tertiary/aromatic N) is 6. The molecule has 2 heterocycles. The number of benzene rings is 1. The molecule has 0 unspecified atom stereocenters. The summed E-state index contributed by atoms with van der Waals surface area (Å²) in [5, 5.41) is 11.0. The molecule has 0 bridgehead atoms. The molecular weight excluding hydrogens is 376 g/mol. The van der Waals surface area contributed by atoms with Crippen LogP contribution in [-0.2, 0) is 9.53 Å². The van der Waals surface area contributed by atoms with Gasteiger partial charge in [0.25, 0.3) is 5.91 Å².